The summed E-state index contributed by atoms with van der Waals surface area (Å²) in [5, 5.41) is 13.0. The summed E-state index contributed by atoms with van der Waals surface area (Å²) >= 11 is 0. The molecule has 2 N–H and O–H groups in total. The maximum atomic E-state index is 11.9. The van der Waals surface area contributed by atoms with Gasteiger partial charge in [-0.1, -0.05) is 12.1 Å². The molecule has 7 heteroatoms. The number of nitrogens with zero attached hydrogens (tertiary/aromatic N) is 2. The average molecular weight is 281 g/mol. The first kappa shape index (κ1) is 13.6. The van der Waals surface area contributed by atoms with Crippen LogP contribution >= 0.6 is 0 Å². The fourth-order valence-corrected chi connectivity index (χ4v) is 2.63. The Morgan fingerprint density at radius 3 is 2.58 bits per heavy atom. The van der Waals surface area contributed by atoms with Crippen LogP contribution in [0.4, 0.5) is 0 Å². The lowest BCUT2D eigenvalue weighted by Gasteiger charge is -2.05. The van der Waals surface area contributed by atoms with Gasteiger partial charge in [-0.2, -0.15) is 5.10 Å². The van der Waals surface area contributed by atoms with E-state index in [2.05, 4.69) is 9.82 Å². The fraction of sp³-hybridized carbons (Fsp3) is 0.250. The van der Waals surface area contributed by atoms with E-state index in [0.717, 1.165) is 5.56 Å². The first-order valence-electron chi connectivity index (χ1n) is 5.73. The zero-order valence-electron chi connectivity index (χ0n) is 10.4. The maximum absolute atomic E-state index is 11.9. The molecule has 0 fully saturated rings. The van der Waals surface area contributed by atoms with Gasteiger partial charge in [0.1, 0.15) is 10.6 Å². The van der Waals surface area contributed by atoms with Crippen molar-refractivity contribution >= 4 is 10.0 Å². The summed E-state index contributed by atoms with van der Waals surface area (Å²) in [6.07, 6.45) is 3.31. The van der Waals surface area contributed by atoms with Gasteiger partial charge in [0, 0.05) is 19.8 Å². The molecule has 0 aliphatic heterocycles. The molecule has 0 aliphatic carbocycles. The molecule has 0 saturated carbocycles. The lowest BCUT2D eigenvalue weighted by Crippen LogP contribution is -2.25. The Morgan fingerprint density at radius 2 is 2.00 bits per heavy atom. The first-order valence-corrected chi connectivity index (χ1v) is 7.22. The van der Waals surface area contributed by atoms with Gasteiger partial charge in [-0.3, -0.25) is 4.68 Å². The van der Waals surface area contributed by atoms with Crippen molar-refractivity contribution in [3.05, 3.63) is 42.2 Å². The molecule has 1 aromatic heterocycles. The summed E-state index contributed by atoms with van der Waals surface area (Å²) < 4.78 is 27.7. The molecule has 6 nitrogen and oxygen atoms in total. The van der Waals surface area contributed by atoms with E-state index in [4.69, 9.17) is 5.11 Å². The van der Waals surface area contributed by atoms with Gasteiger partial charge in [0.15, 0.2) is 0 Å². The number of hydrogen-bond acceptors (Lipinski definition) is 4. The minimum atomic E-state index is -3.50. The lowest BCUT2D eigenvalue weighted by molar-refractivity contribution is 0.475. The van der Waals surface area contributed by atoms with Gasteiger partial charge in [-0.25, -0.2) is 13.1 Å². The van der Waals surface area contributed by atoms with E-state index in [1.165, 1.54) is 17.1 Å². The van der Waals surface area contributed by atoms with Crippen LogP contribution in [0.1, 0.15) is 5.56 Å². The van der Waals surface area contributed by atoms with Crippen molar-refractivity contribution in [1.82, 2.24) is 14.5 Å². The van der Waals surface area contributed by atoms with Gasteiger partial charge in [0.05, 0.1) is 6.20 Å². The van der Waals surface area contributed by atoms with E-state index in [1.54, 1.807) is 31.3 Å². The molecular formula is C12H15N3O3S. The topological polar surface area (TPSA) is 84.2 Å². The number of rotatable bonds is 5. The standard InChI is InChI=1S/C12H15N3O3S/c1-15-9-12(8-13-15)19(17,18)14-7-6-10-2-4-11(16)5-3-10/h2-5,8-9,14,16H,6-7H2,1H3. The lowest BCUT2D eigenvalue weighted by atomic mass is 10.1. The highest BCUT2D eigenvalue weighted by molar-refractivity contribution is 7.89. The van der Waals surface area contributed by atoms with Crippen LogP contribution in [-0.2, 0) is 23.5 Å². The summed E-state index contributed by atoms with van der Waals surface area (Å²) in [7, 11) is -1.84. The highest BCUT2D eigenvalue weighted by atomic mass is 32.2. The van der Waals surface area contributed by atoms with Crippen molar-refractivity contribution in [2.45, 2.75) is 11.3 Å². The fourth-order valence-electron chi connectivity index (χ4n) is 1.61. The molecule has 0 bridgehead atoms. The molecule has 2 aromatic rings. The Hall–Kier alpha value is -1.86. The monoisotopic (exact) mass is 281 g/mol. The van der Waals surface area contributed by atoms with E-state index in [-0.39, 0.29) is 10.6 Å². The summed E-state index contributed by atoms with van der Waals surface area (Å²) in [6.45, 7) is 0.294. The van der Waals surface area contributed by atoms with Crippen molar-refractivity contribution in [3.63, 3.8) is 0 Å². The second-order valence-corrected chi connectivity index (χ2v) is 5.93. The Morgan fingerprint density at radius 1 is 1.32 bits per heavy atom. The molecule has 1 aromatic carbocycles. The summed E-state index contributed by atoms with van der Waals surface area (Å²) in [6, 6.07) is 6.66. The molecule has 0 saturated heterocycles. The number of hydrogen-bond donors (Lipinski definition) is 2. The Bertz CT molecular complexity index is 647. The quantitative estimate of drug-likeness (QED) is 0.842. The van der Waals surface area contributed by atoms with E-state index in [0.29, 0.717) is 13.0 Å². The van der Waals surface area contributed by atoms with Crippen LogP contribution < -0.4 is 4.72 Å². The van der Waals surface area contributed by atoms with Gasteiger partial charge >= 0.3 is 0 Å². The van der Waals surface area contributed by atoms with Gasteiger partial charge in [0.25, 0.3) is 0 Å². The molecule has 0 radical (unpaired) electrons. The van der Waals surface area contributed by atoms with Crippen LogP contribution in [-0.4, -0.2) is 29.8 Å². The number of benzene rings is 1. The summed E-state index contributed by atoms with van der Waals surface area (Å²) in [5.74, 6) is 0.194. The molecule has 0 atom stereocenters. The predicted molar refractivity (Wildman–Crippen MR) is 70.2 cm³/mol. The predicted octanol–water partition coefficient (Wildman–Crippen LogP) is 0.647. The third-order valence-corrected chi connectivity index (χ3v) is 4.05. The molecule has 2 rings (SSSR count). The van der Waals surface area contributed by atoms with E-state index in [1.807, 2.05) is 0 Å². The number of phenols is 1. The van der Waals surface area contributed by atoms with Gasteiger partial charge in [-0.15, -0.1) is 0 Å². The van der Waals surface area contributed by atoms with Crippen molar-refractivity contribution in [2.24, 2.45) is 7.05 Å². The highest BCUT2D eigenvalue weighted by Crippen LogP contribution is 2.10. The second kappa shape index (κ2) is 5.41. The Labute approximate surface area is 111 Å². The third-order valence-electron chi connectivity index (χ3n) is 2.63. The first-order chi connectivity index (χ1) is 8.97. The van der Waals surface area contributed by atoms with Crippen LogP contribution in [0, 0.1) is 0 Å². The molecule has 0 aliphatic rings. The molecule has 0 amide bonds. The molecule has 19 heavy (non-hydrogen) atoms. The molecule has 102 valence electrons. The van der Waals surface area contributed by atoms with Crippen molar-refractivity contribution in [2.75, 3.05) is 6.54 Å². The molecule has 0 unspecified atom stereocenters. The Kier molecular flexibility index (Phi) is 3.87. The largest absolute Gasteiger partial charge is 0.508 e. The summed E-state index contributed by atoms with van der Waals surface area (Å²) in [5.41, 5.74) is 0.951. The average Bonchev–Trinajstić information content (AvgIpc) is 2.79. The molecule has 1 heterocycles. The van der Waals surface area contributed by atoms with E-state index in [9.17, 15) is 8.42 Å². The van der Waals surface area contributed by atoms with Crippen molar-refractivity contribution < 1.29 is 13.5 Å². The van der Waals surface area contributed by atoms with Gasteiger partial charge < -0.3 is 5.11 Å². The number of aryl methyl sites for hydroxylation is 1. The van der Waals surface area contributed by atoms with Crippen LogP contribution in [0.25, 0.3) is 0 Å². The number of sulfonamides is 1. The number of aromatic hydroxyl groups is 1. The van der Waals surface area contributed by atoms with Crippen LogP contribution in [0.2, 0.25) is 0 Å². The van der Waals surface area contributed by atoms with Crippen LogP contribution in [0.15, 0.2) is 41.6 Å². The van der Waals surface area contributed by atoms with E-state index < -0.39 is 10.0 Å². The zero-order chi connectivity index (χ0) is 13.9. The van der Waals surface area contributed by atoms with Crippen LogP contribution in [0.5, 0.6) is 5.75 Å². The normalized spacial score (nSPS) is 11.6. The number of nitrogens with one attached hydrogen (secondary N) is 1. The molecular weight excluding hydrogens is 266 g/mol. The van der Waals surface area contributed by atoms with Crippen molar-refractivity contribution in [1.29, 1.82) is 0 Å². The minimum absolute atomic E-state index is 0.153. The van der Waals surface area contributed by atoms with Gasteiger partial charge in [0.2, 0.25) is 10.0 Å². The third kappa shape index (κ3) is 3.55. The minimum Gasteiger partial charge on any atom is -0.508 e. The van der Waals surface area contributed by atoms with Crippen LogP contribution in [0.3, 0.4) is 0 Å². The highest BCUT2D eigenvalue weighted by Gasteiger charge is 2.14. The van der Waals surface area contributed by atoms with Crippen molar-refractivity contribution in [3.8, 4) is 5.75 Å². The SMILES string of the molecule is Cn1cc(S(=O)(=O)NCCc2ccc(O)cc2)cn1. The Balaban J connectivity index is 1.93. The van der Waals surface area contributed by atoms with E-state index >= 15 is 0 Å². The molecule has 0 spiro atoms. The van der Waals surface area contributed by atoms with Gasteiger partial charge in [-0.05, 0) is 24.1 Å². The number of phenolic OH excluding ortho intramolecular Hbond substituents is 1. The maximum Gasteiger partial charge on any atom is 0.243 e. The number of aromatic nitrogens is 2. The second-order valence-electron chi connectivity index (χ2n) is 4.16. The zero-order valence-corrected chi connectivity index (χ0v) is 11.3. The summed E-state index contributed by atoms with van der Waals surface area (Å²) in [4.78, 5) is 0.153. The smallest absolute Gasteiger partial charge is 0.243 e.